The first-order valence-electron chi connectivity index (χ1n) is 8.24. The second kappa shape index (κ2) is 11.9. The van der Waals surface area contributed by atoms with Gasteiger partial charge in [0.25, 0.3) is 0 Å². The number of rotatable bonds is 9. The molecule has 0 heterocycles. The molecule has 0 aromatic carbocycles. The van der Waals surface area contributed by atoms with Crippen LogP contribution in [0.5, 0.6) is 0 Å². The monoisotopic (exact) mass is 440 g/mol. The Hall–Kier alpha value is -0.570. The molecule has 1 saturated carbocycles. The molecular weight excluding hydrogens is 407 g/mol. The van der Waals surface area contributed by atoms with Gasteiger partial charge in [-0.1, -0.05) is 6.92 Å². The van der Waals surface area contributed by atoms with Crippen molar-refractivity contribution in [2.75, 3.05) is 47.4 Å². The molecule has 6 nitrogen and oxygen atoms in total. The molecule has 23 heavy (non-hydrogen) atoms. The van der Waals surface area contributed by atoms with Crippen molar-refractivity contribution in [2.45, 2.75) is 39.2 Å². The lowest BCUT2D eigenvalue weighted by atomic mass is 10.3. The quantitative estimate of drug-likeness (QED) is 0.257. The summed E-state index contributed by atoms with van der Waals surface area (Å²) in [7, 11) is 5.47. The van der Waals surface area contributed by atoms with Crippen molar-refractivity contribution in [1.82, 2.24) is 15.1 Å². The average Bonchev–Trinajstić information content (AvgIpc) is 3.30. The molecule has 1 atom stereocenters. The zero-order chi connectivity index (χ0) is 16.5. The summed E-state index contributed by atoms with van der Waals surface area (Å²) in [6, 6.07) is 0.322. The van der Waals surface area contributed by atoms with Crippen LogP contribution in [-0.4, -0.2) is 75.2 Å². The van der Waals surface area contributed by atoms with Gasteiger partial charge in [0.15, 0.2) is 5.96 Å². The van der Waals surface area contributed by atoms with E-state index in [0.29, 0.717) is 12.6 Å². The largest absolute Gasteiger partial charge is 0.379 e. The molecule has 1 N–H and O–H groups in total. The SMILES string of the molecule is CCC(C)NC(=NCC(=O)N(C)C)N(C)CCOCC1CC1.I. The van der Waals surface area contributed by atoms with Gasteiger partial charge in [0.05, 0.1) is 6.61 Å². The Kier molecular flexibility index (Phi) is 11.6. The summed E-state index contributed by atoms with van der Waals surface area (Å²) in [5, 5.41) is 3.37. The van der Waals surface area contributed by atoms with Crippen molar-refractivity contribution in [3.05, 3.63) is 0 Å². The van der Waals surface area contributed by atoms with Gasteiger partial charge in [0.1, 0.15) is 6.54 Å². The first kappa shape index (κ1) is 22.4. The fraction of sp³-hybridized carbons (Fsp3) is 0.875. The molecule has 1 aliphatic carbocycles. The van der Waals surface area contributed by atoms with E-state index in [0.717, 1.165) is 31.4 Å². The highest BCUT2D eigenvalue weighted by molar-refractivity contribution is 14.0. The Morgan fingerprint density at radius 2 is 2.00 bits per heavy atom. The molecule has 0 radical (unpaired) electrons. The van der Waals surface area contributed by atoms with Crippen molar-refractivity contribution in [2.24, 2.45) is 10.9 Å². The Morgan fingerprint density at radius 3 is 2.52 bits per heavy atom. The van der Waals surface area contributed by atoms with Crippen LogP contribution in [0.15, 0.2) is 4.99 Å². The van der Waals surface area contributed by atoms with Gasteiger partial charge in [-0.05, 0) is 32.1 Å². The summed E-state index contributed by atoms with van der Waals surface area (Å²) in [4.78, 5) is 19.7. The van der Waals surface area contributed by atoms with Gasteiger partial charge < -0.3 is 19.9 Å². The maximum atomic E-state index is 11.7. The van der Waals surface area contributed by atoms with Gasteiger partial charge in [-0.15, -0.1) is 24.0 Å². The molecule has 0 aromatic heterocycles. The zero-order valence-electron chi connectivity index (χ0n) is 15.2. The van der Waals surface area contributed by atoms with Crippen molar-refractivity contribution in [3.63, 3.8) is 0 Å². The van der Waals surface area contributed by atoms with Gasteiger partial charge >= 0.3 is 0 Å². The predicted octanol–water partition coefficient (Wildman–Crippen LogP) is 1.80. The highest BCUT2D eigenvalue weighted by atomic mass is 127. The molecule has 1 aliphatic rings. The molecule has 0 bridgehead atoms. The topological polar surface area (TPSA) is 57.2 Å². The zero-order valence-corrected chi connectivity index (χ0v) is 17.5. The number of carbonyl (C=O) groups excluding carboxylic acids is 1. The van der Waals surface area contributed by atoms with E-state index in [2.05, 4.69) is 24.2 Å². The number of ether oxygens (including phenoxy) is 1. The van der Waals surface area contributed by atoms with Crippen LogP contribution in [0, 0.1) is 5.92 Å². The smallest absolute Gasteiger partial charge is 0.243 e. The first-order valence-corrected chi connectivity index (χ1v) is 8.24. The summed E-state index contributed by atoms with van der Waals surface area (Å²) >= 11 is 0. The van der Waals surface area contributed by atoms with Crippen LogP contribution in [0.1, 0.15) is 33.1 Å². The lowest BCUT2D eigenvalue weighted by molar-refractivity contribution is -0.127. The van der Waals surface area contributed by atoms with Gasteiger partial charge in [-0.2, -0.15) is 0 Å². The van der Waals surface area contributed by atoms with Crippen LogP contribution in [0.4, 0.5) is 0 Å². The van der Waals surface area contributed by atoms with Gasteiger partial charge in [-0.3, -0.25) is 4.79 Å². The Labute approximate surface area is 158 Å². The van der Waals surface area contributed by atoms with E-state index in [4.69, 9.17) is 4.74 Å². The number of hydrogen-bond donors (Lipinski definition) is 1. The molecule has 136 valence electrons. The number of carbonyl (C=O) groups is 1. The lowest BCUT2D eigenvalue weighted by Crippen LogP contribution is -2.45. The maximum absolute atomic E-state index is 11.7. The third-order valence-electron chi connectivity index (χ3n) is 3.83. The number of likely N-dealkylation sites (N-methyl/N-ethyl adjacent to an activating group) is 2. The van der Waals surface area contributed by atoms with E-state index >= 15 is 0 Å². The third-order valence-corrected chi connectivity index (χ3v) is 3.83. The number of aliphatic imine (C=N–C) groups is 1. The minimum absolute atomic E-state index is 0. The van der Waals surface area contributed by atoms with E-state index in [1.54, 1.807) is 19.0 Å². The molecule has 1 unspecified atom stereocenters. The van der Waals surface area contributed by atoms with Crippen LogP contribution in [-0.2, 0) is 9.53 Å². The third kappa shape index (κ3) is 10.0. The predicted molar refractivity (Wildman–Crippen MR) is 105 cm³/mol. The lowest BCUT2D eigenvalue weighted by Gasteiger charge is -2.25. The molecule has 0 aromatic rings. The van der Waals surface area contributed by atoms with Gasteiger partial charge in [-0.25, -0.2) is 4.99 Å². The van der Waals surface area contributed by atoms with E-state index in [9.17, 15) is 4.79 Å². The van der Waals surface area contributed by atoms with Crippen LogP contribution in [0.25, 0.3) is 0 Å². The highest BCUT2D eigenvalue weighted by Crippen LogP contribution is 2.28. The van der Waals surface area contributed by atoms with Crippen LogP contribution in [0.3, 0.4) is 0 Å². The summed E-state index contributed by atoms with van der Waals surface area (Å²) in [5.74, 6) is 1.55. The van der Waals surface area contributed by atoms with Crippen molar-refractivity contribution in [3.8, 4) is 0 Å². The highest BCUT2D eigenvalue weighted by Gasteiger charge is 2.21. The second-order valence-electron chi connectivity index (χ2n) is 6.32. The fourth-order valence-corrected chi connectivity index (χ4v) is 1.72. The Balaban J connectivity index is 0.00000484. The summed E-state index contributed by atoms with van der Waals surface area (Å²) < 4.78 is 5.67. The van der Waals surface area contributed by atoms with Gasteiger partial charge in [0.2, 0.25) is 5.91 Å². The summed E-state index contributed by atoms with van der Waals surface area (Å²) in [6.07, 6.45) is 3.63. The number of nitrogens with zero attached hydrogens (tertiary/aromatic N) is 3. The molecule has 7 heteroatoms. The standard InChI is InChI=1S/C16H32N4O2.HI/c1-6-13(2)18-16(17-11-15(21)19(3)4)20(5)9-10-22-12-14-7-8-14;/h13-14H,6-12H2,1-5H3,(H,17,18);1H. The summed E-state index contributed by atoms with van der Waals surface area (Å²) in [5.41, 5.74) is 0. The minimum atomic E-state index is 0. The molecule has 1 fully saturated rings. The summed E-state index contributed by atoms with van der Waals surface area (Å²) in [6.45, 7) is 6.73. The number of hydrogen-bond acceptors (Lipinski definition) is 3. The fourth-order valence-electron chi connectivity index (χ4n) is 1.72. The number of nitrogens with one attached hydrogen (secondary N) is 1. The van der Waals surface area contributed by atoms with Crippen LogP contribution in [0.2, 0.25) is 0 Å². The first-order chi connectivity index (χ1) is 10.4. The molecule has 0 saturated heterocycles. The second-order valence-corrected chi connectivity index (χ2v) is 6.32. The van der Waals surface area contributed by atoms with Crippen molar-refractivity contribution < 1.29 is 9.53 Å². The Bertz CT molecular complexity index is 373. The number of halogens is 1. The normalized spacial score (nSPS) is 15.6. The minimum Gasteiger partial charge on any atom is -0.379 e. The average molecular weight is 440 g/mol. The Morgan fingerprint density at radius 1 is 1.35 bits per heavy atom. The maximum Gasteiger partial charge on any atom is 0.243 e. The number of amides is 1. The molecule has 1 rings (SSSR count). The molecule has 0 spiro atoms. The van der Waals surface area contributed by atoms with E-state index in [1.165, 1.54) is 12.8 Å². The van der Waals surface area contributed by atoms with Gasteiger partial charge in [0, 0.05) is 40.3 Å². The van der Waals surface area contributed by atoms with E-state index in [1.807, 2.05) is 11.9 Å². The van der Waals surface area contributed by atoms with Crippen LogP contribution < -0.4 is 5.32 Å². The van der Waals surface area contributed by atoms with Crippen molar-refractivity contribution >= 4 is 35.8 Å². The molecule has 0 aliphatic heterocycles. The van der Waals surface area contributed by atoms with E-state index < -0.39 is 0 Å². The van der Waals surface area contributed by atoms with Crippen molar-refractivity contribution in [1.29, 1.82) is 0 Å². The molecule has 1 amide bonds. The van der Waals surface area contributed by atoms with E-state index in [-0.39, 0.29) is 36.4 Å². The molecular formula is C16H33IN4O2. The number of guanidine groups is 1. The van der Waals surface area contributed by atoms with Crippen LogP contribution >= 0.6 is 24.0 Å².